The first kappa shape index (κ1) is 20.5. The second-order valence-corrected chi connectivity index (χ2v) is 8.44. The van der Waals surface area contributed by atoms with E-state index in [1.807, 2.05) is 42.0 Å². The number of aryl methyl sites for hydroxylation is 2. The van der Waals surface area contributed by atoms with Crippen LogP contribution in [0.1, 0.15) is 47.8 Å². The fraction of sp³-hybridized carbons (Fsp3) is 0.308. The number of halogens is 1. The van der Waals surface area contributed by atoms with Gasteiger partial charge in [0.25, 0.3) is 0 Å². The summed E-state index contributed by atoms with van der Waals surface area (Å²) in [5, 5.41) is 4.47. The summed E-state index contributed by atoms with van der Waals surface area (Å²) < 4.78 is 26.7. The summed E-state index contributed by atoms with van der Waals surface area (Å²) in [6.45, 7) is 1.96. The Morgan fingerprint density at radius 3 is 2.78 bits per heavy atom. The van der Waals surface area contributed by atoms with Gasteiger partial charge in [0.2, 0.25) is 0 Å². The van der Waals surface area contributed by atoms with Crippen LogP contribution in [0.25, 0.3) is 16.9 Å². The Bertz CT molecular complexity index is 1230. The molecular formula is C26H26FN3O2. The van der Waals surface area contributed by atoms with Crippen molar-refractivity contribution in [2.45, 2.75) is 44.9 Å². The molecule has 2 heterocycles. The van der Waals surface area contributed by atoms with Crippen molar-refractivity contribution in [1.29, 1.82) is 0 Å². The third-order valence-electron chi connectivity index (χ3n) is 6.31. The summed E-state index contributed by atoms with van der Waals surface area (Å²) in [6.07, 6.45) is 8.79. The second-order valence-electron chi connectivity index (χ2n) is 8.44. The van der Waals surface area contributed by atoms with Crippen LogP contribution in [0.3, 0.4) is 0 Å². The Labute approximate surface area is 186 Å². The van der Waals surface area contributed by atoms with Gasteiger partial charge < -0.3 is 13.8 Å². The third kappa shape index (κ3) is 3.93. The van der Waals surface area contributed by atoms with Crippen LogP contribution in [-0.2, 0) is 12.8 Å². The smallest absolute Gasteiger partial charge is 0.143 e. The Morgan fingerprint density at radius 1 is 1.19 bits per heavy atom. The molecule has 0 spiro atoms. The molecule has 1 aliphatic rings. The second kappa shape index (κ2) is 8.61. The van der Waals surface area contributed by atoms with Crippen molar-refractivity contribution in [3.63, 3.8) is 0 Å². The molecule has 0 aliphatic heterocycles. The van der Waals surface area contributed by atoms with E-state index in [-0.39, 0.29) is 5.82 Å². The number of benzene rings is 2. The molecule has 4 aromatic rings. The van der Waals surface area contributed by atoms with Gasteiger partial charge in [-0.05, 0) is 68.9 Å². The van der Waals surface area contributed by atoms with Crippen molar-refractivity contribution in [2.24, 2.45) is 0 Å². The summed E-state index contributed by atoms with van der Waals surface area (Å²) in [5.41, 5.74) is 6.13. The van der Waals surface area contributed by atoms with Crippen molar-refractivity contribution in [2.75, 3.05) is 7.11 Å². The number of imidazole rings is 1. The third-order valence-corrected chi connectivity index (χ3v) is 6.31. The topological polar surface area (TPSA) is 53.1 Å². The molecule has 0 N–H and O–H groups in total. The van der Waals surface area contributed by atoms with Crippen molar-refractivity contribution in [3.8, 4) is 22.7 Å². The van der Waals surface area contributed by atoms with Gasteiger partial charge in [0.15, 0.2) is 0 Å². The van der Waals surface area contributed by atoms with Crippen molar-refractivity contribution in [3.05, 3.63) is 83.4 Å². The predicted octanol–water partition coefficient (Wildman–Crippen LogP) is 6.04. The van der Waals surface area contributed by atoms with Gasteiger partial charge in [-0.15, -0.1) is 0 Å². The number of ether oxygens (including phenoxy) is 1. The summed E-state index contributed by atoms with van der Waals surface area (Å²) in [6, 6.07) is 12.9. The number of hydrogen-bond acceptors (Lipinski definition) is 4. The molecule has 1 atom stereocenters. The molecule has 32 heavy (non-hydrogen) atoms. The summed E-state index contributed by atoms with van der Waals surface area (Å²) in [5.74, 6) is 1.90. The van der Waals surface area contributed by atoms with E-state index in [2.05, 4.69) is 16.2 Å². The average Bonchev–Trinajstić information content (AvgIpc) is 3.45. The van der Waals surface area contributed by atoms with E-state index < -0.39 is 0 Å². The number of aromatic nitrogens is 3. The van der Waals surface area contributed by atoms with Crippen molar-refractivity contribution < 1.29 is 13.7 Å². The van der Waals surface area contributed by atoms with Gasteiger partial charge in [0.05, 0.1) is 24.8 Å². The van der Waals surface area contributed by atoms with Crippen molar-refractivity contribution >= 4 is 0 Å². The highest BCUT2D eigenvalue weighted by atomic mass is 19.1. The molecule has 1 aliphatic carbocycles. The highest BCUT2D eigenvalue weighted by molar-refractivity contribution is 5.68. The van der Waals surface area contributed by atoms with E-state index in [1.54, 1.807) is 13.4 Å². The molecule has 0 fully saturated rings. The minimum absolute atomic E-state index is 0.196. The maximum atomic E-state index is 13.2. The average molecular weight is 432 g/mol. The maximum absolute atomic E-state index is 13.2. The molecule has 0 amide bonds. The molecule has 5 rings (SSSR count). The molecule has 0 saturated heterocycles. The van der Waals surface area contributed by atoms with Crippen LogP contribution in [0.2, 0.25) is 0 Å². The zero-order valence-electron chi connectivity index (χ0n) is 18.3. The first-order chi connectivity index (χ1) is 15.6. The van der Waals surface area contributed by atoms with Gasteiger partial charge in [-0.3, -0.25) is 0 Å². The first-order valence-electron chi connectivity index (χ1n) is 11.0. The Hall–Kier alpha value is -3.41. The number of hydrogen-bond donors (Lipinski definition) is 0. The van der Waals surface area contributed by atoms with Crippen molar-refractivity contribution in [1.82, 2.24) is 14.7 Å². The standard InChI is InChI=1S/C26H26FN3O2/c1-17-15-30(16-28-17)23-13-10-20(14-24(23)31-2)25-22-5-3-4-19(26(22)32-29-25)9-6-18-7-11-21(27)12-8-18/h7-8,10-16,19H,3-6,9H2,1-2H3. The fourth-order valence-corrected chi connectivity index (χ4v) is 4.63. The normalized spacial score (nSPS) is 15.5. The van der Waals surface area contributed by atoms with Gasteiger partial charge in [-0.1, -0.05) is 23.4 Å². The monoisotopic (exact) mass is 431 g/mol. The molecule has 6 heteroatoms. The summed E-state index contributed by atoms with van der Waals surface area (Å²) >= 11 is 0. The lowest BCUT2D eigenvalue weighted by molar-refractivity contribution is 0.333. The van der Waals surface area contributed by atoms with Gasteiger partial charge in [-0.2, -0.15) is 0 Å². The molecule has 5 nitrogen and oxygen atoms in total. The van der Waals surface area contributed by atoms with Gasteiger partial charge in [-0.25, -0.2) is 9.37 Å². The number of nitrogens with zero attached hydrogens (tertiary/aromatic N) is 3. The Balaban J connectivity index is 1.40. The van der Waals surface area contributed by atoms with E-state index in [9.17, 15) is 4.39 Å². The molecule has 164 valence electrons. The zero-order valence-corrected chi connectivity index (χ0v) is 18.3. The predicted molar refractivity (Wildman–Crippen MR) is 121 cm³/mol. The number of methoxy groups -OCH3 is 1. The van der Waals surface area contributed by atoms with Crippen LogP contribution in [-0.4, -0.2) is 21.8 Å². The number of rotatable bonds is 6. The van der Waals surface area contributed by atoms with Crippen LogP contribution in [0, 0.1) is 12.7 Å². The van der Waals surface area contributed by atoms with Gasteiger partial charge in [0, 0.05) is 23.2 Å². The lowest BCUT2D eigenvalue weighted by Gasteiger charge is -2.20. The summed E-state index contributed by atoms with van der Waals surface area (Å²) in [4.78, 5) is 4.31. The van der Waals surface area contributed by atoms with Crippen LogP contribution >= 0.6 is 0 Å². The summed E-state index contributed by atoms with van der Waals surface area (Å²) in [7, 11) is 1.68. The van der Waals surface area contributed by atoms with E-state index in [1.165, 1.54) is 17.7 Å². The van der Waals surface area contributed by atoms with Crippen LogP contribution in [0.4, 0.5) is 4.39 Å². The minimum atomic E-state index is -0.196. The van der Waals surface area contributed by atoms with E-state index in [0.717, 1.165) is 71.8 Å². The van der Waals surface area contributed by atoms with E-state index >= 15 is 0 Å². The maximum Gasteiger partial charge on any atom is 0.143 e. The molecule has 2 aromatic heterocycles. The Kier molecular flexibility index (Phi) is 5.52. The SMILES string of the molecule is COc1cc(-c2noc3c2CCCC3CCc2ccc(F)cc2)ccc1-n1cnc(C)c1. The quantitative estimate of drug-likeness (QED) is 0.374. The van der Waals surface area contributed by atoms with E-state index in [4.69, 9.17) is 9.26 Å². The lowest BCUT2D eigenvalue weighted by atomic mass is 9.83. The lowest BCUT2D eigenvalue weighted by Crippen LogP contribution is -2.09. The molecule has 2 aromatic carbocycles. The highest BCUT2D eigenvalue weighted by Gasteiger charge is 2.28. The molecule has 1 unspecified atom stereocenters. The number of fused-ring (bicyclic) bond motifs is 1. The largest absolute Gasteiger partial charge is 0.495 e. The highest BCUT2D eigenvalue weighted by Crippen LogP contribution is 2.40. The van der Waals surface area contributed by atoms with Gasteiger partial charge in [0.1, 0.15) is 23.0 Å². The molecule has 0 radical (unpaired) electrons. The van der Waals surface area contributed by atoms with Crippen LogP contribution < -0.4 is 4.74 Å². The molecular weight excluding hydrogens is 405 g/mol. The molecule has 0 bridgehead atoms. The first-order valence-corrected chi connectivity index (χ1v) is 11.0. The Morgan fingerprint density at radius 2 is 2.03 bits per heavy atom. The zero-order chi connectivity index (χ0) is 22.1. The van der Waals surface area contributed by atoms with Crippen LogP contribution in [0.5, 0.6) is 5.75 Å². The fourth-order valence-electron chi connectivity index (χ4n) is 4.63. The van der Waals surface area contributed by atoms with Crippen LogP contribution in [0.15, 0.2) is 59.5 Å². The molecule has 0 saturated carbocycles. The van der Waals surface area contributed by atoms with E-state index in [0.29, 0.717) is 5.92 Å². The minimum Gasteiger partial charge on any atom is -0.495 e. The van der Waals surface area contributed by atoms with Gasteiger partial charge >= 0.3 is 0 Å².